The van der Waals surface area contributed by atoms with Gasteiger partial charge in [-0.3, -0.25) is 0 Å². The van der Waals surface area contributed by atoms with Gasteiger partial charge in [-0.25, -0.2) is 0 Å². The van der Waals surface area contributed by atoms with E-state index in [2.05, 4.69) is 87.1 Å². The minimum Gasteiger partial charge on any atom is -0.378 e. The van der Waals surface area contributed by atoms with Crippen LogP contribution in [0.3, 0.4) is 0 Å². The first-order chi connectivity index (χ1) is 13.5. The lowest BCUT2D eigenvalue weighted by molar-refractivity contribution is 0.136. The molecule has 28 heavy (non-hydrogen) atoms. The fourth-order valence-electron chi connectivity index (χ4n) is 3.61. The molecule has 3 nitrogen and oxygen atoms in total. The first-order valence-corrected chi connectivity index (χ1v) is 10.7. The third-order valence-electron chi connectivity index (χ3n) is 5.41. The van der Waals surface area contributed by atoms with E-state index in [0.29, 0.717) is 0 Å². The van der Waals surface area contributed by atoms with Gasteiger partial charge in [0, 0.05) is 45.7 Å². The van der Waals surface area contributed by atoms with E-state index < -0.39 is 0 Å². The lowest BCUT2D eigenvalue weighted by Crippen LogP contribution is -2.25. The summed E-state index contributed by atoms with van der Waals surface area (Å²) < 4.78 is 5.91. The average molecular weight is 383 g/mol. The van der Waals surface area contributed by atoms with E-state index >= 15 is 0 Å². The predicted octanol–water partition coefficient (Wildman–Crippen LogP) is 6.20. The molecule has 1 unspecified atom stereocenters. The zero-order valence-corrected chi connectivity index (χ0v) is 18.7. The van der Waals surface area contributed by atoms with Crippen molar-refractivity contribution in [3.8, 4) is 0 Å². The van der Waals surface area contributed by atoms with Crippen LogP contribution in [0.5, 0.6) is 0 Å². The zero-order chi connectivity index (χ0) is 20.5. The monoisotopic (exact) mass is 382 g/mol. The summed E-state index contributed by atoms with van der Waals surface area (Å²) in [6.07, 6.45) is 4.90. The van der Waals surface area contributed by atoms with Crippen LogP contribution in [0.1, 0.15) is 62.3 Å². The summed E-state index contributed by atoms with van der Waals surface area (Å²) >= 11 is 0. The summed E-state index contributed by atoms with van der Waals surface area (Å²) in [5.74, 6) is 0. The molecule has 3 heteroatoms. The van der Waals surface area contributed by atoms with Crippen LogP contribution >= 0.6 is 0 Å². The van der Waals surface area contributed by atoms with Gasteiger partial charge in [0.15, 0.2) is 0 Å². The topological polar surface area (TPSA) is 15.7 Å². The van der Waals surface area contributed by atoms with Gasteiger partial charge in [-0.05, 0) is 60.7 Å². The normalized spacial score (nSPS) is 12.1. The standard InChI is InChI=1S/C25H38N2O/c1-7-9-17-27(18-10-8-2)23-15-16-24(20(3)19-23)25(28-6)21-11-13-22(14-12-21)26(4)5/h11-16,19,25H,7-10,17-18H2,1-6H3. The number of aryl methyl sites for hydroxylation is 1. The molecule has 2 aromatic carbocycles. The van der Waals surface area contributed by atoms with E-state index in [4.69, 9.17) is 4.74 Å². The highest BCUT2D eigenvalue weighted by molar-refractivity contribution is 5.53. The summed E-state index contributed by atoms with van der Waals surface area (Å²) in [5, 5.41) is 0. The molecule has 0 amide bonds. The van der Waals surface area contributed by atoms with E-state index in [1.165, 1.54) is 53.7 Å². The predicted molar refractivity (Wildman–Crippen MR) is 123 cm³/mol. The highest BCUT2D eigenvalue weighted by Crippen LogP contribution is 2.31. The smallest absolute Gasteiger partial charge is 0.107 e. The van der Waals surface area contributed by atoms with Gasteiger partial charge in [-0.2, -0.15) is 0 Å². The molecule has 2 rings (SSSR count). The van der Waals surface area contributed by atoms with E-state index in [1.54, 1.807) is 7.11 Å². The van der Waals surface area contributed by atoms with Crippen molar-refractivity contribution in [2.45, 2.75) is 52.6 Å². The van der Waals surface area contributed by atoms with Crippen molar-refractivity contribution in [3.63, 3.8) is 0 Å². The number of benzene rings is 2. The van der Waals surface area contributed by atoms with Crippen molar-refractivity contribution >= 4 is 11.4 Å². The van der Waals surface area contributed by atoms with Crippen LogP contribution < -0.4 is 9.80 Å². The summed E-state index contributed by atoms with van der Waals surface area (Å²) in [5.41, 5.74) is 6.26. The van der Waals surface area contributed by atoms with Crippen LogP contribution in [0.4, 0.5) is 11.4 Å². The Labute approximate surface area is 172 Å². The Morgan fingerprint density at radius 1 is 0.857 bits per heavy atom. The molecular formula is C25H38N2O. The molecule has 0 spiro atoms. The number of methoxy groups -OCH3 is 1. The molecule has 0 saturated heterocycles. The van der Waals surface area contributed by atoms with Crippen molar-refractivity contribution < 1.29 is 4.74 Å². The molecule has 0 aliphatic rings. The third kappa shape index (κ3) is 5.75. The fourth-order valence-corrected chi connectivity index (χ4v) is 3.61. The van der Waals surface area contributed by atoms with Crippen LogP contribution in [0.25, 0.3) is 0 Å². The molecule has 0 bridgehead atoms. The minimum atomic E-state index is -0.0370. The van der Waals surface area contributed by atoms with Crippen molar-refractivity contribution in [1.82, 2.24) is 0 Å². The average Bonchev–Trinajstić information content (AvgIpc) is 2.70. The Kier molecular flexibility index (Phi) is 8.85. The molecule has 0 heterocycles. The van der Waals surface area contributed by atoms with Crippen LogP contribution in [-0.4, -0.2) is 34.3 Å². The van der Waals surface area contributed by atoms with Gasteiger partial charge >= 0.3 is 0 Å². The van der Waals surface area contributed by atoms with Gasteiger partial charge in [0.05, 0.1) is 0 Å². The van der Waals surface area contributed by atoms with Gasteiger partial charge in [0.25, 0.3) is 0 Å². The number of hydrogen-bond acceptors (Lipinski definition) is 3. The first kappa shape index (κ1) is 22.3. The summed E-state index contributed by atoms with van der Waals surface area (Å²) in [6, 6.07) is 15.5. The third-order valence-corrected chi connectivity index (χ3v) is 5.41. The van der Waals surface area contributed by atoms with Crippen molar-refractivity contribution in [2.24, 2.45) is 0 Å². The highest BCUT2D eigenvalue weighted by Gasteiger charge is 2.17. The maximum Gasteiger partial charge on any atom is 0.107 e. The van der Waals surface area contributed by atoms with E-state index in [9.17, 15) is 0 Å². The fraction of sp³-hybridized carbons (Fsp3) is 0.520. The van der Waals surface area contributed by atoms with Crippen LogP contribution in [-0.2, 0) is 4.74 Å². The van der Waals surface area contributed by atoms with Gasteiger partial charge < -0.3 is 14.5 Å². The quantitative estimate of drug-likeness (QED) is 0.460. The number of unbranched alkanes of at least 4 members (excludes halogenated alkanes) is 2. The lowest BCUT2D eigenvalue weighted by Gasteiger charge is -2.27. The van der Waals surface area contributed by atoms with E-state index in [-0.39, 0.29) is 6.10 Å². The van der Waals surface area contributed by atoms with E-state index in [0.717, 1.165) is 13.1 Å². The van der Waals surface area contributed by atoms with Crippen molar-refractivity contribution in [3.05, 3.63) is 59.2 Å². The molecule has 1 atom stereocenters. The maximum absolute atomic E-state index is 5.91. The summed E-state index contributed by atoms with van der Waals surface area (Å²) in [6.45, 7) is 9.00. The summed E-state index contributed by atoms with van der Waals surface area (Å²) in [4.78, 5) is 4.66. The lowest BCUT2D eigenvalue weighted by atomic mass is 9.96. The maximum atomic E-state index is 5.91. The Morgan fingerprint density at radius 3 is 1.89 bits per heavy atom. The second kappa shape index (κ2) is 11.1. The summed E-state index contributed by atoms with van der Waals surface area (Å²) in [7, 11) is 5.93. The van der Waals surface area contributed by atoms with Gasteiger partial charge in [0.1, 0.15) is 6.10 Å². The Balaban J connectivity index is 2.26. The SMILES string of the molecule is CCCCN(CCCC)c1ccc(C(OC)c2ccc(N(C)C)cc2)c(C)c1. The highest BCUT2D eigenvalue weighted by atomic mass is 16.5. The minimum absolute atomic E-state index is 0.0370. The zero-order valence-electron chi connectivity index (χ0n) is 18.7. The van der Waals surface area contributed by atoms with Crippen LogP contribution in [0.15, 0.2) is 42.5 Å². The van der Waals surface area contributed by atoms with E-state index in [1.807, 2.05) is 0 Å². The molecule has 0 aliphatic heterocycles. The molecule has 154 valence electrons. The van der Waals surface area contributed by atoms with Gasteiger partial charge in [0.2, 0.25) is 0 Å². The molecule has 0 saturated carbocycles. The Hall–Kier alpha value is -2.00. The Morgan fingerprint density at radius 2 is 1.43 bits per heavy atom. The second-order valence-electron chi connectivity index (χ2n) is 7.84. The molecule has 0 aromatic heterocycles. The molecular weight excluding hydrogens is 344 g/mol. The molecule has 0 aliphatic carbocycles. The van der Waals surface area contributed by atoms with Gasteiger partial charge in [-0.15, -0.1) is 0 Å². The molecule has 2 aromatic rings. The second-order valence-corrected chi connectivity index (χ2v) is 7.84. The van der Waals surface area contributed by atoms with Gasteiger partial charge in [-0.1, -0.05) is 44.9 Å². The Bertz CT molecular complexity index is 701. The first-order valence-electron chi connectivity index (χ1n) is 10.7. The number of rotatable bonds is 11. The number of hydrogen-bond donors (Lipinski definition) is 0. The molecule has 0 N–H and O–H groups in total. The number of ether oxygens (including phenoxy) is 1. The van der Waals surface area contributed by atoms with Crippen LogP contribution in [0, 0.1) is 6.92 Å². The molecule has 0 fully saturated rings. The van der Waals surface area contributed by atoms with Crippen molar-refractivity contribution in [1.29, 1.82) is 0 Å². The van der Waals surface area contributed by atoms with Crippen molar-refractivity contribution in [2.75, 3.05) is 44.1 Å². The molecule has 0 radical (unpaired) electrons. The largest absolute Gasteiger partial charge is 0.378 e. The number of anilines is 2. The number of nitrogens with zero attached hydrogens (tertiary/aromatic N) is 2. The van der Waals surface area contributed by atoms with Crippen LogP contribution in [0.2, 0.25) is 0 Å².